The summed E-state index contributed by atoms with van der Waals surface area (Å²) >= 11 is 0. The standard InChI is InChI=1S/C4H10OSi/c1-5-3-4-6-2/h3-4H2,1-2H3. The van der Waals surface area contributed by atoms with Gasteiger partial charge in [-0.1, -0.05) is 6.55 Å². The van der Waals surface area contributed by atoms with Gasteiger partial charge in [0.1, 0.15) is 0 Å². The molecule has 0 saturated carbocycles. The molecular weight excluding hydrogens is 92.1 g/mol. The van der Waals surface area contributed by atoms with Crippen LogP contribution in [0.4, 0.5) is 0 Å². The van der Waals surface area contributed by atoms with Gasteiger partial charge in [-0.3, -0.25) is 0 Å². The third-order valence-electron chi connectivity index (χ3n) is 0.556. The molecule has 0 N–H and O–H groups in total. The molecule has 0 amide bonds. The van der Waals surface area contributed by atoms with Gasteiger partial charge < -0.3 is 4.74 Å². The maximum absolute atomic E-state index is 4.79. The van der Waals surface area contributed by atoms with E-state index in [1.165, 1.54) is 6.04 Å². The topological polar surface area (TPSA) is 9.23 Å². The number of methoxy groups -OCH3 is 1. The van der Waals surface area contributed by atoms with E-state index in [0.29, 0.717) is 0 Å². The van der Waals surface area contributed by atoms with E-state index in [9.17, 15) is 0 Å². The van der Waals surface area contributed by atoms with E-state index in [1.54, 1.807) is 7.11 Å². The predicted octanol–water partition coefficient (Wildman–Crippen LogP) is 0.803. The SMILES string of the molecule is COCC[Si]C. The van der Waals surface area contributed by atoms with Crippen LogP contribution in [-0.2, 0) is 4.74 Å². The van der Waals surface area contributed by atoms with Crippen LogP contribution in [0.5, 0.6) is 0 Å². The molecule has 6 heavy (non-hydrogen) atoms. The van der Waals surface area contributed by atoms with Crippen LogP contribution in [0.25, 0.3) is 0 Å². The van der Waals surface area contributed by atoms with Gasteiger partial charge in [-0.2, -0.15) is 0 Å². The second kappa shape index (κ2) is 5.18. The first-order valence-corrected chi connectivity index (χ1v) is 3.76. The Morgan fingerprint density at radius 3 is 2.50 bits per heavy atom. The van der Waals surface area contributed by atoms with Gasteiger partial charge in [0.2, 0.25) is 0 Å². The van der Waals surface area contributed by atoms with Crippen molar-refractivity contribution in [2.45, 2.75) is 12.6 Å². The lowest BCUT2D eigenvalue weighted by Crippen LogP contribution is -1.89. The molecule has 36 valence electrons. The Morgan fingerprint density at radius 2 is 2.33 bits per heavy atom. The monoisotopic (exact) mass is 102 g/mol. The van der Waals surface area contributed by atoms with E-state index >= 15 is 0 Å². The summed E-state index contributed by atoms with van der Waals surface area (Å²) in [5.41, 5.74) is 0. The molecule has 1 nitrogen and oxygen atoms in total. The summed E-state index contributed by atoms with van der Waals surface area (Å²) in [6, 6.07) is 1.22. The van der Waals surface area contributed by atoms with Gasteiger partial charge in [0.25, 0.3) is 0 Å². The third-order valence-corrected chi connectivity index (χ3v) is 1.26. The largest absolute Gasteiger partial charge is 0.385 e. The smallest absolute Gasteiger partial charge is 0.0434 e. The Bertz CT molecular complexity index is 19.5. The minimum Gasteiger partial charge on any atom is -0.385 e. The van der Waals surface area contributed by atoms with Crippen LogP contribution in [0, 0.1) is 0 Å². The van der Waals surface area contributed by atoms with Gasteiger partial charge in [-0.05, 0) is 6.04 Å². The third kappa shape index (κ3) is 4.18. The highest BCUT2D eigenvalue weighted by Gasteiger charge is 1.76. The van der Waals surface area contributed by atoms with Crippen LogP contribution >= 0.6 is 0 Å². The van der Waals surface area contributed by atoms with E-state index in [4.69, 9.17) is 4.74 Å². The zero-order chi connectivity index (χ0) is 4.83. The average molecular weight is 102 g/mol. The first-order chi connectivity index (χ1) is 2.91. The Morgan fingerprint density at radius 1 is 1.67 bits per heavy atom. The van der Waals surface area contributed by atoms with Crippen LogP contribution in [0.3, 0.4) is 0 Å². The summed E-state index contributed by atoms with van der Waals surface area (Å²) in [6.07, 6.45) is 0. The minimum atomic E-state index is 0.926. The number of ether oxygens (including phenoxy) is 1. The zero-order valence-corrected chi connectivity index (χ0v) is 5.32. The Balaban J connectivity index is 2.34. The van der Waals surface area contributed by atoms with Gasteiger partial charge in [-0.15, -0.1) is 0 Å². The molecule has 0 aliphatic rings. The minimum absolute atomic E-state index is 0.926. The van der Waals surface area contributed by atoms with Crippen molar-refractivity contribution < 1.29 is 4.74 Å². The van der Waals surface area contributed by atoms with Crippen molar-refractivity contribution in [3.8, 4) is 0 Å². The molecule has 0 unspecified atom stereocenters. The number of hydrogen-bond acceptors (Lipinski definition) is 1. The first kappa shape index (κ1) is 6.18. The maximum atomic E-state index is 4.79. The molecule has 2 heteroatoms. The van der Waals surface area contributed by atoms with E-state index in [2.05, 4.69) is 6.55 Å². The molecule has 0 aliphatic carbocycles. The summed E-state index contributed by atoms with van der Waals surface area (Å²) in [5.74, 6) is 0. The summed E-state index contributed by atoms with van der Waals surface area (Å²) in [7, 11) is 2.78. The van der Waals surface area contributed by atoms with Crippen molar-refractivity contribution in [3.63, 3.8) is 0 Å². The second-order valence-corrected chi connectivity index (χ2v) is 2.30. The first-order valence-electron chi connectivity index (χ1n) is 2.05. The molecule has 0 aromatic carbocycles. The fourth-order valence-electron chi connectivity index (χ4n) is 0.204. The lowest BCUT2D eigenvalue weighted by Gasteiger charge is -1.88. The van der Waals surface area contributed by atoms with Crippen molar-refractivity contribution >= 4 is 9.52 Å². The second-order valence-electron chi connectivity index (χ2n) is 1.10. The van der Waals surface area contributed by atoms with E-state index < -0.39 is 0 Å². The predicted molar refractivity (Wildman–Crippen MR) is 28.3 cm³/mol. The van der Waals surface area contributed by atoms with E-state index in [1.807, 2.05) is 0 Å². The Kier molecular flexibility index (Phi) is 5.33. The van der Waals surface area contributed by atoms with Gasteiger partial charge in [0, 0.05) is 23.2 Å². The van der Waals surface area contributed by atoms with Gasteiger partial charge in [0.15, 0.2) is 0 Å². The van der Waals surface area contributed by atoms with Crippen LogP contribution < -0.4 is 0 Å². The Hall–Kier alpha value is 0.177. The molecule has 0 bridgehead atoms. The molecule has 0 aliphatic heterocycles. The van der Waals surface area contributed by atoms with Crippen LogP contribution in [0.1, 0.15) is 0 Å². The highest BCUT2D eigenvalue weighted by atomic mass is 28.2. The van der Waals surface area contributed by atoms with Crippen LogP contribution in [0.15, 0.2) is 0 Å². The van der Waals surface area contributed by atoms with Crippen molar-refractivity contribution in [1.82, 2.24) is 0 Å². The summed E-state index contributed by atoms with van der Waals surface area (Å²) < 4.78 is 4.79. The molecule has 0 aromatic heterocycles. The molecule has 2 radical (unpaired) electrons. The molecular formula is C4H10OSi. The van der Waals surface area contributed by atoms with Crippen molar-refractivity contribution in [2.75, 3.05) is 13.7 Å². The maximum Gasteiger partial charge on any atom is 0.0434 e. The fourth-order valence-corrected chi connectivity index (χ4v) is 0.612. The molecule has 0 aromatic rings. The lowest BCUT2D eigenvalue weighted by molar-refractivity contribution is 0.215. The molecule has 0 heterocycles. The van der Waals surface area contributed by atoms with Crippen molar-refractivity contribution in [1.29, 1.82) is 0 Å². The molecule has 0 fully saturated rings. The van der Waals surface area contributed by atoms with Gasteiger partial charge in [-0.25, -0.2) is 0 Å². The molecule has 0 atom stereocenters. The normalized spacial score (nSPS) is 9.00. The van der Waals surface area contributed by atoms with E-state index in [0.717, 1.165) is 16.1 Å². The molecule has 0 spiro atoms. The number of hydrogen-bond donors (Lipinski definition) is 0. The molecule has 0 rings (SSSR count). The quantitative estimate of drug-likeness (QED) is 0.378. The summed E-state index contributed by atoms with van der Waals surface area (Å²) in [5, 5.41) is 0. The Labute approximate surface area is 41.5 Å². The van der Waals surface area contributed by atoms with Gasteiger partial charge in [0.05, 0.1) is 0 Å². The summed E-state index contributed by atoms with van der Waals surface area (Å²) in [6.45, 7) is 3.11. The van der Waals surface area contributed by atoms with Gasteiger partial charge >= 0.3 is 0 Å². The van der Waals surface area contributed by atoms with E-state index in [-0.39, 0.29) is 0 Å². The average Bonchev–Trinajstić information content (AvgIpc) is 1.61. The highest BCUT2D eigenvalue weighted by Crippen LogP contribution is 1.75. The lowest BCUT2D eigenvalue weighted by atomic mass is 10.9. The fraction of sp³-hybridized carbons (Fsp3) is 1.00. The zero-order valence-electron chi connectivity index (χ0n) is 4.32. The summed E-state index contributed by atoms with van der Waals surface area (Å²) in [4.78, 5) is 0. The van der Waals surface area contributed by atoms with Crippen LogP contribution in [0.2, 0.25) is 12.6 Å². The number of rotatable bonds is 3. The van der Waals surface area contributed by atoms with Crippen molar-refractivity contribution in [3.05, 3.63) is 0 Å². The highest BCUT2D eigenvalue weighted by molar-refractivity contribution is 6.33. The molecule has 0 saturated heterocycles. The van der Waals surface area contributed by atoms with Crippen LogP contribution in [-0.4, -0.2) is 23.2 Å². The van der Waals surface area contributed by atoms with Crippen molar-refractivity contribution in [2.24, 2.45) is 0 Å².